The quantitative estimate of drug-likeness (QED) is 0.729. The lowest BCUT2D eigenvalue weighted by atomic mass is 10.2. The van der Waals surface area contributed by atoms with Gasteiger partial charge in [0.2, 0.25) is 5.95 Å². The Balaban J connectivity index is 1.94. The van der Waals surface area contributed by atoms with E-state index in [2.05, 4.69) is 25.5 Å². The first-order chi connectivity index (χ1) is 11.6. The molecule has 0 saturated heterocycles. The molecule has 7 heteroatoms. The molecule has 7 nitrogen and oxygen atoms in total. The first-order valence-corrected chi connectivity index (χ1v) is 7.79. The number of benzene rings is 1. The number of nitrogens with one attached hydrogen (secondary N) is 2. The van der Waals surface area contributed by atoms with E-state index in [1.807, 2.05) is 38.4 Å². The number of hydrogen-bond acceptors (Lipinski definition) is 7. The number of aromatic nitrogens is 2. The van der Waals surface area contributed by atoms with Gasteiger partial charge >= 0.3 is 0 Å². The van der Waals surface area contributed by atoms with Crippen molar-refractivity contribution < 1.29 is 9.47 Å². The third-order valence-corrected chi connectivity index (χ3v) is 3.42. The van der Waals surface area contributed by atoms with Crippen molar-refractivity contribution in [2.24, 2.45) is 0 Å². The highest BCUT2D eigenvalue weighted by Crippen LogP contribution is 2.27. The standard InChI is InChI=1S/C17H25N5O2/c1-22(2)10-9-19-17-18-8-7-16(21-17)20-12-13-5-6-14(23-3)15(11-13)24-4/h5-8,11H,9-10,12H2,1-4H3,(H2,18,19,20,21). The van der Waals surface area contributed by atoms with Gasteiger partial charge in [0.05, 0.1) is 14.2 Å². The Hall–Kier alpha value is -2.54. The Kier molecular flexibility index (Phi) is 6.62. The average molecular weight is 331 g/mol. The maximum Gasteiger partial charge on any atom is 0.224 e. The fourth-order valence-electron chi connectivity index (χ4n) is 2.12. The molecular formula is C17H25N5O2. The van der Waals surface area contributed by atoms with Crippen LogP contribution in [-0.4, -0.2) is 56.3 Å². The van der Waals surface area contributed by atoms with E-state index in [-0.39, 0.29) is 0 Å². The maximum absolute atomic E-state index is 5.32. The summed E-state index contributed by atoms with van der Waals surface area (Å²) in [6.07, 6.45) is 1.74. The molecule has 2 N–H and O–H groups in total. The number of ether oxygens (including phenoxy) is 2. The van der Waals surface area contributed by atoms with Crippen LogP contribution in [0, 0.1) is 0 Å². The summed E-state index contributed by atoms with van der Waals surface area (Å²) in [5, 5.41) is 6.50. The van der Waals surface area contributed by atoms with Crippen LogP contribution in [0.15, 0.2) is 30.5 Å². The van der Waals surface area contributed by atoms with Gasteiger partial charge < -0.3 is 25.0 Å². The number of hydrogen-bond donors (Lipinski definition) is 2. The summed E-state index contributed by atoms with van der Waals surface area (Å²) in [6.45, 7) is 2.35. The molecule has 0 aliphatic heterocycles. The van der Waals surface area contributed by atoms with Gasteiger partial charge in [0.15, 0.2) is 11.5 Å². The van der Waals surface area contributed by atoms with Gasteiger partial charge in [-0.3, -0.25) is 0 Å². The van der Waals surface area contributed by atoms with E-state index in [0.29, 0.717) is 18.2 Å². The average Bonchev–Trinajstić information content (AvgIpc) is 2.59. The third-order valence-electron chi connectivity index (χ3n) is 3.42. The number of methoxy groups -OCH3 is 2. The Bertz CT molecular complexity index is 649. The third kappa shape index (κ3) is 5.27. The molecule has 1 heterocycles. The molecule has 130 valence electrons. The fourth-order valence-corrected chi connectivity index (χ4v) is 2.12. The molecule has 0 spiro atoms. The van der Waals surface area contributed by atoms with Crippen LogP contribution in [-0.2, 0) is 6.54 Å². The number of likely N-dealkylation sites (N-methyl/N-ethyl adjacent to an activating group) is 1. The highest BCUT2D eigenvalue weighted by Gasteiger charge is 2.05. The molecular weight excluding hydrogens is 306 g/mol. The van der Waals surface area contributed by atoms with Crippen molar-refractivity contribution in [3.05, 3.63) is 36.0 Å². The molecule has 2 rings (SSSR count). The molecule has 24 heavy (non-hydrogen) atoms. The van der Waals surface area contributed by atoms with Crippen LogP contribution in [0.25, 0.3) is 0 Å². The molecule has 0 saturated carbocycles. The van der Waals surface area contributed by atoms with Gasteiger partial charge in [-0.25, -0.2) is 4.98 Å². The fraction of sp³-hybridized carbons (Fsp3) is 0.412. The smallest absolute Gasteiger partial charge is 0.224 e. The van der Waals surface area contributed by atoms with Gasteiger partial charge in [0.1, 0.15) is 5.82 Å². The van der Waals surface area contributed by atoms with Crippen molar-refractivity contribution in [2.45, 2.75) is 6.54 Å². The largest absolute Gasteiger partial charge is 0.493 e. The van der Waals surface area contributed by atoms with Crippen molar-refractivity contribution in [3.63, 3.8) is 0 Å². The topological polar surface area (TPSA) is 71.5 Å². The van der Waals surface area contributed by atoms with Gasteiger partial charge in [-0.1, -0.05) is 6.07 Å². The van der Waals surface area contributed by atoms with Crippen LogP contribution in [0.5, 0.6) is 11.5 Å². The minimum absolute atomic E-state index is 0.620. The SMILES string of the molecule is COc1ccc(CNc2ccnc(NCCN(C)C)n2)cc1OC. The van der Waals surface area contributed by atoms with Crippen LogP contribution in [0.3, 0.4) is 0 Å². The van der Waals surface area contributed by atoms with E-state index < -0.39 is 0 Å². The summed E-state index contributed by atoms with van der Waals surface area (Å²) in [4.78, 5) is 10.8. The molecule has 0 aliphatic rings. The Morgan fingerprint density at radius 3 is 2.54 bits per heavy atom. The van der Waals surface area contributed by atoms with E-state index in [1.54, 1.807) is 20.4 Å². The Morgan fingerprint density at radius 2 is 1.83 bits per heavy atom. The number of anilines is 2. The van der Waals surface area contributed by atoms with Gasteiger partial charge in [-0.05, 0) is 37.9 Å². The molecule has 0 bridgehead atoms. The lowest BCUT2D eigenvalue weighted by molar-refractivity contribution is 0.354. The second kappa shape index (κ2) is 8.93. The maximum atomic E-state index is 5.32. The van der Waals surface area contributed by atoms with Crippen LogP contribution >= 0.6 is 0 Å². The lowest BCUT2D eigenvalue weighted by Gasteiger charge is -2.12. The van der Waals surface area contributed by atoms with Crippen molar-refractivity contribution in [1.29, 1.82) is 0 Å². The Morgan fingerprint density at radius 1 is 1.04 bits per heavy atom. The molecule has 0 radical (unpaired) electrons. The molecule has 1 aromatic carbocycles. The van der Waals surface area contributed by atoms with Gasteiger partial charge in [-0.2, -0.15) is 4.98 Å². The molecule has 0 fully saturated rings. The summed E-state index contributed by atoms with van der Waals surface area (Å²) in [5.41, 5.74) is 1.08. The van der Waals surface area contributed by atoms with Gasteiger partial charge in [0.25, 0.3) is 0 Å². The molecule has 0 unspecified atom stereocenters. The first kappa shape index (κ1) is 17.8. The van der Waals surface area contributed by atoms with Gasteiger partial charge in [-0.15, -0.1) is 0 Å². The summed E-state index contributed by atoms with van der Waals surface area (Å²) in [7, 11) is 7.32. The highest BCUT2D eigenvalue weighted by molar-refractivity contribution is 5.45. The molecule has 1 aromatic heterocycles. The van der Waals surface area contributed by atoms with Crippen LogP contribution in [0.1, 0.15) is 5.56 Å². The molecule has 0 atom stereocenters. The second-order valence-electron chi connectivity index (χ2n) is 5.54. The predicted octanol–water partition coefficient (Wildman–Crippen LogP) is 2.08. The summed E-state index contributed by atoms with van der Waals surface area (Å²) >= 11 is 0. The predicted molar refractivity (Wildman–Crippen MR) is 95.9 cm³/mol. The second-order valence-corrected chi connectivity index (χ2v) is 5.54. The van der Waals surface area contributed by atoms with Crippen LogP contribution in [0.2, 0.25) is 0 Å². The van der Waals surface area contributed by atoms with E-state index in [9.17, 15) is 0 Å². The summed E-state index contributed by atoms with van der Waals surface area (Å²) in [5.74, 6) is 2.82. The number of rotatable bonds is 9. The number of nitrogens with zero attached hydrogens (tertiary/aromatic N) is 3. The lowest BCUT2D eigenvalue weighted by Crippen LogP contribution is -2.21. The minimum Gasteiger partial charge on any atom is -0.493 e. The zero-order chi connectivity index (χ0) is 17.4. The molecule has 2 aromatic rings. The Labute approximate surface area is 143 Å². The monoisotopic (exact) mass is 331 g/mol. The zero-order valence-electron chi connectivity index (χ0n) is 14.7. The van der Waals surface area contributed by atoms with E-state index in [0.717, 1.165) is 30.2 Å². The van der Waals surface area contributed by atoms with Gasteiger partial charge in [0, 0.05) is 25.8 Å². The molecule has 0 amide bonds. The highest BCUT2D eigenvalue weighted by atomic mass is 16.5. The summed E-state index contributed by atoms with van der Waals surface area (Å²) < 4.78 is 10.6. The van der Waals surface area contributed by atoms with Crippen molar-refractivity contribution >= 4 is 11.8 Å². The van der Waals surface area contributed by atoms with Crippen molar-refractivity contribution in [3.8, 4) is 11.5 Å². The zero-order valence-corrected chi connectivity index (χ0v) is 14.7. The minimum atomic E-state index is 0.620. The van der Waals surface area contributed by atoms with E-state index >= 15 is 0 Å². The molecule has 0 aliphatic carbocycles. The van der Waals surface area contributed by atoms with Crippen LogP contribution < -0.4 is 20.1 Å². The first-order valence-electron chi connectivity index (χ1n) is 7.79. The summed E-state index contributed by atoms with van der Waals surface area (Å²) in [6, 6.07) is 7.68. The van der Waals surface area contributed by atoms with Crippen molar-refractivity contribution in [1.82, 2.24) is 14.9 Å². The van der Waals surface area contributed by atoms with Crippen molar-refractivity contribution in [2.75, 3.05) is 52.0 Å². The van der Waals surface area contributed by atoms with E-state index in [1.165, 1.54) is 0 Å². The normalized spacial score (nSPS) is 10.5. The van der Waals surface area contributed by atoms with Crippen LogP contribution in [0.4, 0.5) is 11.8 Å². The van der Waals surface area contributed by atoms with E-state index in [4.69, 9.17) is 9.47 Å².